The Bertz CT molecular complexity index is 707. The molecule has 0 bridgehead atoms. The van der Waals surface area contributed by atoms with Gasteiger partial charge >= 0.3 is 0 Å². The van der Waals surface area contributed by atoms with Crippen LogP contribution in [0.4, 0.5) is 5.82 Å². The predicted molar refractivity (Wildman–Crippen MR) is 79.4 cm³/mol. The molecule has 0 N–H and O–H groups in total. The van der Waals surface area contributed by atoms with Crippen LogP contribution < -0.4 is 4.90 Å². The maximum atomic E-state index is 8.94. The van der Waals surface area contributed by atoms with Gasteiger partial charge in [-0.15, -0.1) is 10.2 Å². The van der Waals surface area contributed by atoms with Crippen molar-refractivity contribution in [2.24, 2.45) is 0 Å². The Morgan fingerprint density at radius 2 is 1.73 bits per heavy atom. The molecular formula is C16H17N5O. The van der Waals surface area contributed by atoms with E-state index in [1.807, 2.05) is 12.1 Å². The van der Waals surface area contributed by atoms with E-state index in [1.54, 1.807) is 6.07 Å². The van der Waals surface area contributed by atoms with E-state index in [0.29, 0.717) is 17.5 Å². The van der Waals surface area contributed by atoms with Crippen molar-refractivity contribution in [3.8, 4) is 6.07 Å². The van der Waals surface area contributed by atoms with Crippen molar-refractivity contribution in [3.63, 3.8) is 0 Å². The fourth-order valence-electron chi connectivity index (χ4n) is 2.92. The standard InChI is InChI=1S/C16H17N5O/c17-10-13-2-1-3-14(18-13)21-8-6-12(7-9-21)16-20-19-15(22-16)11-4-5-11/h1-3,11-12H,4-9H2. The second kappa shape index (κ2) is 5.41. The minimum absolute atomic E-state index is 0.343. The molecule has 1 aliphatic carbocycles. The van der Waals surface area contributed by atoms with Crippen LogP contribution in [0.5, 0.6) is 0 Å². The summed E-state index contributed by atoms with van der Waals surface area (Å²) >= 11 is 0. The maximum Gasteiger partial charge on any atom is 0.219 e. The summed E-state index contributed by atoms with van der Waals surface area (Å²) in [5, 5.41) is 17.4. The highest BCUT2D eigenvalue weighted by Crippen LogP contribution is 2.40. The number of nitrogens with zero attached hydrogens (tertiary/aromatic N) is 5. The van der Waals surface area contributed by atoms with E-state index < -0.39 is 0 Å². The highest BCUT2D eigenvalue weighted by molar-refractivity contribution is 5.42. The number of nitriles is 1. The van der Waals surface area contributed by atoms with Crippen LogP contribution in [0.25, 0.3) is 0 Å². The van der Waals surface area contributed by atoms with Gasteiger partial charge in [0.2, 0.25) is 11.8 Å². The summed E-state index contributed by atoms with van der Waals surface area (Å²) in [6.07, 6.45) is 4.32. The van der Waals surface area contributed by atoms with Gasteiger partial charge < -0.3 is 9.32 Å². The van der Waals surface area contributed by atoms with Gasteiger partial charge in [-0.2, -0.15) is 5.26 Å². The lowest BCUT2D eigenvalue weighted by atomic mass is 9.97. The Hall–Kier alpha value is -2.42. The quantitative estimate of drug-likeness (QED) is 0.866. The predicted octanol–water partition coefficient (Wildman–Crippen LogP) is 2.60. The van der Waals surface area contributed by atoms with Crippen molar-refractivity contribution in [3.05, 3.63) is 35.7 Å². The molecular weight excluding hydrogens is 278 g/mol. The Morgan fingerprint density at radius 3 is 2.36 bits per heavy atom. The van der Waals surface area contributed by atoms with Crippen LogP contribution in [0.1, 0.15) is 55.0 Å². The molecule has 2 aromatic rings. The lowest BCUT2D eigenvalue weighted by molar-refractivity contribution is 0.375. The van der Waals surface area contributed by atoms with Gasteiger partial charge in [0.1, 0.15) is 17.6 Å². The van der Waals surface area contributed by atoms with E-state index in [-0.39, 0.29) is 0 Å². The van der Waals surface area contributed by atoms with E-state index >= 15 is 0 Å². The van der Waals surface area contributed by atoms with Gasteiger partial charge in [0.05, 0.1) is 0 Å². The molecule has 2 aliphatic rings. The first-order chi connectivity index (χ1) is 10.8. The molecule has 3 heterocycles. The average molecular weight is 295 g/mol. The van der Waals surface area contributed by atoms with Crippen molar-refractivity contribution in [1.82, 2.24) is 15.2 Å². The van der Waals surface area contributed by atoms with Crippen LogP contribution in [0.2, 0.25) is 0 Å². The zero-order valence-electron chi connectivity index (χ0n) is 12.3. The SMILES string of the molecule is N#Cc1cccc(N2CCC(c3nnc(C4CC4)o3)CC2)n1. The van der Waals surface area contributed by atoms with Gasteiger partial charge in [0, 0.05) is 24.9 Å². The monoisotopic (exact) mass is 295 g/mol. The molecule has 22 heavy (non-hydrogen) atoms. The van der Waals surface area contributed by atoms with Crippen molar-refractivity contribution in [2.45, 2.75) is 37.5 Å². The van der Waals surface area contributed by atoms with Crippen molar-refractivity contribution in [2.75, 3.05) is 18.0 Å². The summed E-state index contributed by atoms with van der Waals surface area (Å²) in [6.45, 7) is 1.79. The summed E-state index contributed by atoms with van der Waals surface area (Å²) < 4.78 is 5.83. The molecule has 0 spiro atoms. The third kappa shape index (κ3) is 2.54. The van der Waals surface area contributed by atoms with Crippen LogP contribution in [0.3, 0.4) is 0 Å². The average Bonchev–Trinajstić information content (AvgIpc) is 3.32. The Labute approximate surface area is 128 Å². The number of hydrogen-bond acceptors (Lipinski definition) is 6. The molecule has 0 amide bonds. The van der Waals surface area contributed by atoms with Gasteiger partial charge in [0.15, 0.2) is 0 Å². The zero-order valence-corrected chi connectivity index (χ0v) is 12.3. The van der Waals surface area contributed by atoms with E-state index in [4.69, 9.17) is 9.68 Å². The largest absolute Gasteiger partial charge is 0.425 e. The van der Waals surface area contributed by atoms with Crippen LogP contribution in [0.15, 0.2) is 22.6 Å². The lowest BCUT2D eigenvalue weighted by Gasteiger charge is -2.31. The van der Waals surface area contributed by atoms with E-state index in [2.05, 4.69) is 26.2 Å². The summed E-state index contributed by atoms with van der Waals surface area (Å²) in [6, 6.07) is 7.66. The summed E-state index contributed by atoms with van der Waals surface area (Å²) in [5.74, 6) is 3.34. The number of pyridine rings is 1. The molecule has 4 rings (SSSR count). The van der Waals surface area contributed by atoms with E-state index in [1.165, 1.54) is 12.8 Å². The number of hydrogen-bond donors (Lipinski definition) is 0. The topological polar surface area (TPSA) is 78.8 Å². The molecule has 1 aliphatic heterocycles. The Morgan fingerprint density at radius 1 is 1.05 bits per heavy atom. The van der Waals surface area contributed by atoms with Gasteiger partial charge in [-0.3, -0.25) is 0 Å². The third-order valence-electron chi connectivity index (χ3n) is 4.40. The Kier molecular flexibility index (Phi) is 3.26. The first-order valence-corrected chi connectivity index (χ1v) is 7.79. The minimum Gasteiger partial charge on any atom is -0.425 e. The lowest BCUT2D eigenvalue weighted by Crippen LogP contribution is -2.33. The summed E-state index contributed by atoms with van der Waals surface area (Å²) in [7, 11) is 0. The molecule has 2 fully saturated rings. The molecule has 0 aromatic carbocycles. The van der Waals surface area contributed by atoms with Crippen molar-refractivity contribution >= 4 is 5.82 Å². The minimum atomic E-state index is 0.343. The van der Waals surface area contributed by atoms with E-state index in [9.17, 15) is 0 Å². The molecule has 6 nitrogen and oxygen atoms in total. The molecule has 0 unspecified atom stereocenters. The normalized spacial score (nSPS) is 19.1. The fraction of sp³-hybridized carbons (Fsp3) is 0.500. The molecule has 6 heteroatoms. The van der Waals surface area contributed by atoms with Gasteiger partial charge in [-0.05, 0) is 37.8 Å². The molecule has 0 radical (unpaired) electrons. The first-order valence-electron chi connectivity index (χ1n) is 7.79. The second-order valence-electron chi connectivity index (χ2n) is 6.01. The Balaban J connectivity index is 1.42. The third-order valence-corrected chi connectivity index (χ3v) is 4.40. The number of anilines is 1. The smallest absolute Gasteiger partial charge is 0.219 e. The van der Waals surface area contributed by atoms with Crippen LogP contribution in [0, 0.1) is 11.3 Å². The van der Waals surface area contributed by atoms with Crippen LogP contribution in [-0.4, -0.2) is 28.3 Å². The number of aromatic nitrogens is 3. The summed E-state index contributed by atoms with van der Waals surface area (Å²) in [5.41, 5.74) is 0.464. The van der Waals surface area contributed by atoms with Gasteiger partial charge in [-0.1, -0.05) is 6.07 Å². The second-order valence-corrected chi connectivity index (χ2v) is 6.01. The highest BCUT2D eigenvalue weighted by atomic mass is 16.4. The van der Waals surface area contributed by atoms with Crippen molar-refractivity contribution < 1.29 is 4.42 Å². The highest BCUT2D eigenvalue weighted by Gasteiger charge is 2.31. The molecule has 1 saturated carbocycles. The first kappa shape index (κ1) is 13.3. The van der Waals surface area contributed by atoms with E-state index in [0.717, 1.165) is 43.5 Å². The number of piperidine rings is 1. The zero-order chi connectivity index (χ0) is 14.9. The van der Waals surface area contributed by atoms with Gasteiger partial charge in [-0.25, -0.2) is 4.98 Å². The number of rotatable bonds is 3. The maximum absolute atomic E-state index is 8.94. The molecule has 2 aromatic heterocycles. The molecule has 1 saturated heterocycles. The van der Waals surface area contributed by atoms with Crippen LogP contribution in [-0.2, 0) is 0 Å². The molecule has 0 atom stereocenters. The fourth-order valence-corrected chi connectivity index (χ4v) is 2.92. The van der Waals surface area contributed by atoms with Gasteiger partial charge in [0.25, 0.3) is 0 Å². The molecule has 112 valence electrons. The van der Waals surface area contributed by atoms with Crippen molar-refractivity contribution in [1.29, 1.82) is 5.26 Å². The summed E-state index contributed by atoms with van der Waals surface area (Å²) in [4.78, 5) is 6.58. The van der Waals surface area contributed by atoms with Crippen LogP contribution >= 0.6 is 0 Å².